The zero-order chi connectivity index (χ0) is 18.0. The van der Waals surface area contributed by atoms with Gasteiger partial charge >= 0.3 is 0 Å². The van der Waals surface area contributed by atoms with Crippen molar-refractivity contribution in [1.29, 1.82) is 0 Å². The molecule has 2 aromatic heterocycles. The van der Waals surface area contributed by atoms with Gasteiger partial charge in [0.25, 0.3) is 11.5 Å². The van der Waals surface area contributed by atoms with E-state index in [2.05, 4.69) is 10.3 Å². The Morgan fingerprint density at radius 1 is 1.24 bits per heavy atom. The molecule has 3 aromatic rings. The molecule has 0 saturated carbocycles. The van der Waals surface area contributed by atoms with E-state index in [1.807, 2.05) is 32.0 Å². The highest BCUT2D eigenvalue weighted by molar-refractivity contribution is 5.93. The van der Waals surface area contributed by atoms with Crippen LogP contribution in [-0.4, -0.2) is 26.9 Å². The third-order valence-corrected chi connectivity index (χ3v) is 4.09. The minimum atomic E-state index is -0.844. The Hall–Kier alpha value is -2.99. The van der Waals surface area contributed by atoms with Crippen LogP contribution in [0, 0.1) is 13.8 Å². The monoisotopic (exact) mass is 337 g/mol. The summed E-state index contributed by atoms with van der Waals surface area (Å²) in [5.41, 5.74) is 2.67. The van der Waals surface area contributed by atoms with Gasteiger partial charge in [0.05, 0.1) is 6.10 Å². The van der Waals surface area contributed by atoms with E-state index in [4.69, 9.17) is 0 Å². The summed E-state index contributed by atoms with van der Waals surface area (Å²) in [4.78, 5) is 29.0. The van der Waals surface area contributed by atoms with Crippen LogP contribution < -0.4 is 10.9 Å². The van der Waals surface area contributed by atoms with Gasteiger partial charge in [0, 0.05) is 18.9 Å². The molecule has 0 saturated heterocycles. The van der Waals surface area contributed by atoms with Gasteiger partial charge in [-0.1, -0.05) is 35.9 Å². The van der Waals surface area contributed by atoms with Gasteiger partial charge in [-0.25, -0.2) is 4.98 Å². The van der Waals surface area contributed by atoms with E-state index in [9.17, 15) is 14.7 Å². The molecule has 25 heavy (non-hydrogen) atoms. The predicted molar refractivity (Wildman–Crippen MR) is 94.7 cm³/mol. The number of hydrogen-bond donors (Lipinski definition) is 2. The molecule has 0 fully saturated rings. The Kier molecular flexibility index (Phi) is 4.63. The maximum Gasteiger partial charge on any atom is 0.270 e. The number of carbonyl (C=O) groups excluding carboxylic acids is 1. The van der Waals surface area contributed by atoms with E-state index < -0.39 is 17.6 Å². The van der Waals surface area contributed by atoms with Crippen molar-refractivity contribution < 1.29 is 9.90 Å². The molecular weight excluding hydrogens is 318 g/mol. The van der Waals surface area contributed by atoms with Crippen LogP contribution >= 0.6 is 0 Å². The first-order chi connectivity index (χ1) is 12.0. The number of hydrogen-bond acceptors (Lipinski definition) is 4. The lowest BCUT2D eigenvalue weighted by Gasteiger charge is -2.12. The average Bonchev–Trinajstić information content (AvgIpc) is 2.61. The van der Waals surface area contributed by atoms with Crippen molar-refractivity contribution in [3.63, 3.8) is 0 Å². The van der Waals surface area contributed by atoms with Crippen molar-refractivity contribution in [3.05, 3.63) is 81.4 Å². The van der Waals surface area contributed by atoms with Crippen molar-refractivity contribution in [2.45, 2.75) is 20.0 Å². The number of fused-ring (bicyclic) bond motifs is 1. The molecule has 2 heterocycles. The lowest BCUT2D eigenvalue weighted by atomic mass is 10.1. The zero-order valence-electron chi connectivity index (χ0n) is 14.1. The smallest absolute Gasteiger partial charge is 0.270 e. The van der Waals surface area contributed by atoms with Crippen LogP contribution in [0.3, 0.4) is 0 Å². The third kappa shape index (κ3) is 3.44. The van der Waals surface area contributed by atoms with Crippen LogP contribution in [0.25, 0.3) is 5.65 Å². The molecular formula is C19H19N3O3. The number of nitrogens with one attached hydrogen (secondary N) is 1. The molecule has 128 valence electrons. The van der Waals surface area contributed by atoms with Crippen molar-refractivity contribution in [2.24, 2.45) is 0 Å². The molecule has 1 aromatic carbocycles. The summed E-state index contributed by atoms with van der Waals surface area (Å²) < 4.78 is 1.35. The Balaban J connectivity index is 1.77. The van der Waals surface area contributed by atoms with E-state index in [0.717, 1.165) is 11.1 Å². The second-order valence-corrected chi connectivity index (χ2v) is 6.00. The summed E-state index contributed by atoms with van der Waals surface area (Å²) in [6, 6.07) is 11.0. The number of rotatable bonds is 4. The molecule has 0 aliphatic carbocycles. The van der Waals surface area contributed by atoms with Crippen molar-refractivity contribution in [2.75, 3.05) is 6.54 Å². The molecule has 0 bridgehead atoms. The molecule has 1 amide bonds. The first-order valence-corrected chi connectivity index (χ1v) is 7.97. The van der Waals surface area contributed by atoms with E-state index >= 15 is 0 Å². The highest BCUT2D eigenvalue weighted by Gasteiger charge is 2.15. The van der Waals surface area contributed by atoms with E-state index in [1.54, 1.807) is 24.4 Å². The standard InChI is InChI=1S/C19H19N3O3/c1-12-5-7-14(8-6-12)16(23)11-21-18(24)15-10-20-17-13(2)4-3-9-22(17)19(15)25/h3-10,16,23H,11H2,1-2H3,(H,21,24). The minimum Gasteiger partial charge on any atom is -0.387 e. The topological polar surface area (TPSA) is 83.7 Å². The van der Waals surface area contributed by atoms with Crippen LogP contribution in [0.4, 0.5) is 0 Å². The fourth-order valence-electron chi connectivity index (χ4n) is 2.59. The third-order valence-electron chi connectivity index (χ3n) is 4.09. The summed E-state index contributed by atoms with van der Waals surface area (Å²) in [6.45, 7) is 3.82. The summed E-state index contributed by atoms with van der Waals surface area (Å²) >= 11 is 0. The van der Waals surface area contributed by atoms with E-state index in [0.29, 0.717) is 11.2 Å². The summed E-state index contributed by atoms with van der Waals surface area (Å²) in [5, 5.41) is 12.8. The van der Waals surface area contributed by atoms with E-state index in [-0.39, 0.29) is 12.1 Å². The Morgan fingerprint density at radius 3 is 2.68 bits per heavy atom. The molecule has 0 aliphatic heterocycles. The first-order valence-electron chi connectivity index (χ1n) is 7.97. The van der Waals surface area contributed by atoms with Gasteiger partial charge in [0.2, 0.25) is 0 Å². The van der Waals surface area contributed by atoms with Gasteiger partial charge in [-0.15, -0.1) is 0 Å². The minimum absolute atomic E-state index is 0.0118. The number of aryl methyl sites for hydroxylation is 2. The summed E-state index contributed by atoms with van der Waals surface area (Å²) in [5.74, 6) is -0.556. The van der Waals surface area contributed by atoms with Crippen molar-refractivity contribution in [3.8, 4) is 0 Å². The molecule has 3 rings (SSSR count). The number of aromatic nitrogens is 2. The van der Waals surface area contributed by atoms with Crippen LogP contribution in [0.15, 0.2) is 53.6 Å². The molecule has 0 aliphatic rings. The molecule has 1 atom stereocenters. The molecule has 6 heteroatoms. The van der Waals surface area contributed by atoms with Gasteiger partial charge in [-0.2, -0.15) is 0 Å². The van der Waals surface area contributed by atoms with Gasteiger partial charge in [0.1, 0.15) is 11.2 Å². The second-order valence-electron chi connectivity index (χ2n) is 6.00. The SMILES string of the molecule is Cc1ccc(C(O)CNC(=O)c2cnc3c(C)cccn3c2=O)cc1. The van der Waals surface area contributed by atoms with Crippen LogP contribution in [0.5, 0.6) is 0 Å². The largest absolute Gasteiger partial charge is 0.387 e. The number of carbonyl (C=O) groups is 1. The van der Waals surface area contributed by atoms with Crippen molar-refractivity contribution >= 4 is 11.6 Å². The number of aliphatic hydroxyl groups excluding tert-OH is 1. The molecule has 6 nitrogen and oxygen atoms in total. The van der Waals surface area contributed by atoms with Crippen molar-refractivity contribution in [1.82, 2.24) is 14.7 Å². The lowest BCUT2D eigenvalue weighted by molar-refractivity contribution is 0.0914. The average molecular weight is 337 g/mol. The molecule has 0 radical (unpaired) electrons. The lowest BCUT2D eigenvalue weighted by Crippen LogP contribution is -2.34. The van der Waals surface area contributed by atoms with Crippen LogP contribution in [0.1, 0.15) is 33.2 Å². The van der Waals surface area contributed by atoms with Crippen LogP contribution in [0.2, 0.25) is 0 Å². The number of amides is 1. The highest BCUT2D eigenvalue weighted by atomic mass is 16.3. The normalized spacial score (nSPS) is 12.1. The fraction of sp³-hybridized carbons (Fsp3) is 0.211. The maximum absolute atomic E-state index is 12.5. The van der Waals surface area contributed by atoms with Gasteiger partial charge in [-0.05, 0) is 31.0 Å². The number of pyridine rings is 1. The Bertz CT molecular complexity index is 977. The fourth-order valence-corrected chi connectivity index (χ4v) is 2.59. The number of benzene rings is 1. The van der Waals surface area contributed by atoms with Crippen LogP contribution in [-0.2, 0) is 0 Å². The Labute approximate surface area is 144 Å². The quantitative estimate of drug-likeness (QED) is 0.760. The molecule has 1 unspecified atom stereocenters. The predicted octanol–water partition coefficient (Wildman–Crippen LogP) is 1.77. The van der Waals surface area contributed by atoms with Gasteiger partial charge in [0.15, 0.2) is 0 Å². The maximum atomic E-state index is 12.5. The van der Waals surface area contributed by atoms with Gasteiger partial charge in [-0.3, -0.25) is 14.0 Å². The van der Waals surface area contributed by atoms with E-state index in [1.165, 1.54) is 10.6 Å². The van der Waals surface area contributed by atoms with Gasteiger partial charge < -0.3 is 10.4 Å². The first kappa shape index (κ1) is 16.9. The second kappa shape index (κ2) is 6.86. The molecule has 2 N–H and O–H groups in total. The Morgan fingerprint density at radius 2 is 1.96 bits per heavy atom. The summed E-state index contributed by atoms with van der Waals surface area (Å²) in [7, 11) is 0. The highest BCUT2D eigenvalue weighted by Crippen LogP contribution is 2.12. The molecule has 0 spiro atoms. The summed E-state index contributed by atoms with van der Waals surface area (Å²) in [6.07, 6.45) is 2.01. The number of aliphatic hydroxyl groups is 1. The zero-order valence-corrected chi connectivity index (χ0v) is 14.1. The number of nitrogens with zero attached hydrogens (tertiary/aromatic N) is 2.